The molecule has 0 saturated heterocycles. The summed E-state index contributed by atoms with van der Waals surface area (Å²) in [5.74, 6) is 1.78. The lowest BCUT2D eigenvalue weighted by atomic mass is 9.97. The third kappa shape index (κ3) is 3.08. The zero-order valence-electron chi connectivity index (χ0n) is 20.0. The Labute approximate surface area is 207 Å². The van der Waals surface area contributed by atoms with E-state index in [4.69, 9.17) is 14.8 Å². The van der Waals surface area contributed by atoms with Crippen LogP contribution >= 0.6 is 0 Å². The Balaban J connectivity index is 1.44. The first kappa shape index (κ1) is 20.6. The zero-order valence-corrected chi connectivity index (χ0v) is 20.0. The lowest BCUT2D eigenvalue weighted by Crippen LogP contribution is -2.05. The standard InChI is InChI=1S/C30H23N5O/c1-19(21-12-13-23-17-24(36-2)15-14-22(23)16-21)28-32-33-30-29-31-25(20-8-4-3-5-9-20)18-34(29)26-10-6-7-11-27(26)35(28)30/h3-19H,1-2H3/t19-/m1/s1. The van der Waals surface area contributed by atoms with Crippen molar-refractivity contribution in [2.75, 3.05) is 7.11 Å². The molecule has 7 rings (SSSR count). The summed E-state index contributed by atoms with van der Waals surface area (Å²) in [6, 6.07) is 31.3. The molecule has 4 aromatic carbocycles. The van der Waals surface area contributed by atoms with Gasteiger partial charge in [0.25, 0.3) is 0 Å². The fraction of sp³-hybridized carbons (Fsp3) is 0.100. The van der Waals surface area contributed by atoms with Crippen LogP contribution in [0.4, 0.5) is 0 Å². The maximum atomic E-state index is 5.38. The molecular weight excluding hydrogens is 446 g/mol. The summed E-state index contributed by atoms with van der Waals surface area (Å²) in [4.78, 5) is 4.99. The first-order valence-corrected chi connectivity index (χ1v) is 12.0. The van der Waals surface area contributed by atoms with Crippen molar-refractivity contribution in [2.45, 2.75) is 12.8 Å². The highest BCUT2D eigenvalue weighted by Gasteiger charge is 2.21. The van der Waals surface area contributed by atoms with Crippen LogP contribution in [0, 0.1) is 0 Å². The fourth-order valence-electron chi connectivity index (χ4n) is 5.07. The molecule has 0 aliphatic carbocycles. The predicted molar refractivity (Wildman–Crippen MR) is 143 cm³/mol. The lowest BCUT2D eigenvalue weighted by molar-refractivity contribution is 0.415. The van der Waals surface area contributed by atoms with Crippen LogP contribution in [-0.4, -0.2) is 31.1 Å². The smallest absolute Gasteiger partial charge is 0.205 e. The number of para-hydroxylation sites is 2. The highest BCUT2D eigenvalue weighted by atomic mass is 16.5. The zero-order chi connectivity index (χ0) is 24.2. The number of hydrogen-bond donors (Lipinski definition) is 0. The summed E-state index contributed by atoms with van der Waals surface area (Å²) < 4.78 is 9.67. The second kappa shape index (κ2) is 7.92. The molecule has 36 heavy (non-hydrogen) atoms. The van der Waals surface area contributed by atoms with E-state index in [1.54, 1.807) is 7.11 Å². The first-order valence-electron chi connectivity index (χ1n) is 12.0. The van der Waals surface area contributed by atoms with Gasteiger partial charge in [-0.3, -0.25) is 8.80 Å². The van der Waals surface area contributed by atoms with Crippen LogP contribution in [0.1, 0.15) is 24.2 Å². The van der Waals surface area contributed by atoms with Crippen molar-refractivity contribution < 1.29 is 4.74 Å². The monoisotopic (exact) mass is 469 g/mol. The highest BCUT2D eigenvalue weighted by molar-refractivity contribution is 5.88. The molecule has 0 spiro atoms. The molecule has 174 valence electrons. The van der Waals surface area contributed by atoms with Gasteiger partial charge in [-0.05, 0) is 40.6 Å². The summed E-state index contributed by atoms with van der Waals surface area (Å²) in [6.07, 6.45) is 2.09. The van der Waals surface area contributed by atoms with Crippen molar-refractivity contribution in [2.24, 2.45) is 0 Å². The Morgan fingerprint density at radius 2 is 1.50 bits per heavy atom. The van der Waals surface area contributed by atoms with Gasteiger partial charge in [0.2, 0.25) is 5.65 Å². The van der Waals surface area contributed by atoms with Crippen LogP contribution in [0.5, 0.6) is 5.75 Å². The van der Waals surface area contributed by atoms with Gasteiger partial charge in [-0.25, -0.2) is 4.98 Å². The largest absolute Gasteiger partial charge is 0.497 e. The third-order valence-corrected chi connectivity index (χ3v) is 7.00. The average molecular weight is 470 g/mol. The van der Waals surface area contributed by atoms with Crippen molar-refractivity contribution in [1.29, 1.82) is 0 Å². The maximum Gasteiger partial charge on any atom is 0.205 e. The van der Waals surface area contributed by atoms with Gasteiger partial charge in [0, 0.05) is 17.7 Å². The minimum absolute atomic E-state index is 0.0286. The van der Waals surface area contributed by atoms with Crippen LogP contribution in [-0.2, 0) is 0 Å². The molecule has 0 bridgehead atoms. The third-order valence-electron chi connectivity index (χ3n) is 7.00. The van der Waals surface area contributed by atoms with E-state index in [-0.39, 0.29) is 5.92 Å². The van der Waals surface area contributed by atoms with Crippen LogP contribution in [0.15, 0.2) is 97.2 Å². The number of benzene rings is 4. The minimum Gasteiger partial charge on any atom is -0.497 e. The van der Waals surface area contributed by atoms with E-state index in [1.807, 2.05) is 24.3 Å². The second-order valence-corrected chi connectivity index (χ2v) is 9.09. The molecular formula is C30H23N5O. The molecule has 0 fully saturated rings. The number of methoxy groups -OCH3 is 1. The first-order chi connectivity index (χ1) is 17.7. The molecule has 6 heteroatoms. The van der Waals surface area contributed by atoms with Gasteiger partial charge in [0.1, 0.15) is 11.6 Å². The van der Waals surface area contributed by atoms with Crippen LogP contribution in [0.25, 0.3) is 44.4 Å². The molecule has 3 heterocycles. The van der Waals surface area contributed by atoms with Crippen molar-refractivity contribution >= 4 is 33.1 Å². The number of aromatic nitrogens is 5. The van der Waals surface area contributed by atoms with E-state index in [9.17, 15) is 0 Å². The highest BCUT2D eigenvalue weighted by Crippen LogP contribution is 2.32. The molecule has 7 aromatic rings. The van der Waals surface area contributed by atoms with Crippen molar-refractivity contribution in [3.05, 3.63) is 109 Å². The second-order valence-electron chi connectivity index (χ2n) is 9.09. The quantitative estimate of drug-likeness (QED) is 0.295. The van der Waals surface area contributed by atoms with Crippen molar-refractivity contribution in [3.63, 3.8) is 0 Å². The Hall–Kier alpha value is -4.71. The van der Waals surface area contributed by atoms with Gasteiger partial charge in [-0.2, -0.15) is 0 Å². The number of nitrogens with zero attached hydrogens (tertiary/aromatic N) is 5. The summed E-state index contributed by atoms with van der Waals surface area (Å²) in [5, 5.41) is 11.7. The Morgan fingerprint density at radius 1 is 0.750 bits per heavy atom. The summed E-state index contributed by atoms with van der Waals surface area (Å²) in [7, 11) is 1.69. The molecule has 0 amide bonds. The molecule has 0 N–H and O–H groups in total. The molecule has 0 aliphatic rings. The molecule has 1 atom stereocenters. The van der Waals surface area contributed by atoms with Crippen molar-refractivity contribution in [1.82, 2.24) is 24.0 Å². The Bertz CT molecular complexity index is 1900. The number of ether oxygens (including phenoxy) is 1. The lowest BCUT2D eigenvalue weighted by Gasteiger charge is -2.14. The summed E-state index contributed by atoms with van der Waals surface area (Å²) >= 11 is 0. The van der Waals surface area contributed by atoms with E-state index in [2.05, 4.69) is 93.8 Å². The topological polar surface area (TPSA) is 56.7 Å². The molecule has 6 nitrogen and oxygen atoms in total. The average Bonchev–Trinajstić information content (AvgIpc) is 3.58. The summed E-state index contributed by atoms with van der Waals surface area (Å²) in [5.41, 5.74) is 6.83. The van der Waals surface area contributed by atoms with Crippen molar-refractivity contribution in [3.8, 4) is 17.0 Å². The fourth-order valence-corrected chi connectivity index (χ4v) is 5.07. The summed E-state index contributed by atoms with van der Waals surface area (Å²) in [6.45, 7) is 2.18. The molecule has 3 aromatic heterocycles. The number of rotatable bonds is 4. The van der Waals surface area contributed by atoms with E-state index < -0.39 is 0 Å². The van der Waals surface area contributed by atoms with E-state index >= 15 is 0 Å². The number of fused-ring (bicyclic) bond motifs is 7. The number of hydrogen-bond acceptors (Lipinski definition) is 4. The Morgan fingerprint density at radius 3 is 2.33 bits per heavy atom. The van der Waals surface area contributed by atoms with Gasteiger partial charge in [0.15, 0.2) is 5.65 Å². The van der Waals surface area contributed by atoms with Gasteiger partial charge in [0.05, 0.1) is 23.8 Å². The van der Waals surface area contributed by atoms with Gasteiger partial charge in [-0.1, -0.05) is 73.7 Å². The molecule has 0 aliphatic heterocycles. The van der Waals surface area contributed by atoms with Gasteiger partial charge in [-0.15, -0.1) is 10.2 Å². The van der Waals surface area contributed by atoms with E-state index in [1.165, 1.54) is 10.9 Å². The van der Waals surface area contributed by atoms with Crippen LogP contribution in [0.2, 0.25) is 0 Å². The van der Waals surface area contributed by atoms with E-state index in [0.717, 1.165) is 50.5 Å². The normalized spacial score (nSPS) is 12.6. The van der Waals surface area contributed by atoms with Crippen LogP contribution < -0.4 is 4.74 Å². The van der Waals surface area contributed by atoms with Gasteiger partial charge < -0.3 is 4.74 Å². The number of imidazole rings is 1. The molecule has 0 radical (unpaired) electrons. The SMILES string of the molecule is COc1ccc2cc([C@@H](C)c3nnc4c5nc(-c6ccccc6)cn5c5ccccc5n34)ccc2c1. The predicted octanol–water partition coefficient (Wildman–Crippen LogP) is 6.51. The van der Waals surface area contributed by atoms with E-state index in [0.29, 0.717) is 0 Å². The molecule has 0 saturated carbocycles. The Kier molecular flexibility index (Phi) is 4.54. The maximum absolute atomic E-state index is 5.38. The molecule has 0 unspecified atom stereocenters. The van der Waals surface area contributed by atoms with Crippen LogP contribution in [0.3, 0.4) is 0 Å². The van der Waals surface area contributed by atoms with Gasteiger partial charge >= 0.3 is 0 Å². The minimum atomic E-state index is 0.0286.